The Hall–Kier alpha value is -3.38. The first-order valence-corrected chi connectivity index (χ1v) is 11.8. The van der Waals surface area contributed by atoms with E-state index in [2.05, 4.69) is 38.4 Å². The van der Waals surface area contributed by atoms with Gasteiger partial charge in [0.05, 0.1) is 19.4 Å². The summed E-state index contributed by atoms with van der Waals surface area (Å²) in [5, 5.41) is 12.7. The number of likely N-dealkylation sites (tertiary alicyclic amines) is 1. The van der Waals surface area contributed by atoms with Crippen LogP contribution in [0.2, 0.25) is 0 Å². The Balaban J connectivity index is 1.38. The number of ether oxygens (including phenoxy) is 2. The summed E-state index contributed by atoms with van der Waals surface area (Å²) >= 11 is 0. The molecular formula is C25H32N6O3. The zero-order valence-electron chi connectivity index (χ0n) is 20.1. The lowest BCUT2D eigenvalue weighted by molar-refractivity contribution is 0.0205. The number of piperidine rings is 1. The maximum atomic E-state index is 12.3. The molecule has 2 aliphatic heterocycles. The Morgan fingerprint density at radius 2 is 1.82 bits per heavy atom. The van der Waals surface area contributed by atoms with Crippen molar-refractivity contribution in [3.63, 3.8) is 0 Å². The number of hydrogen-bond donors (Lipinski definition) is 1. The second-order valence-corrected chi connectivity index (χ2v) is 9.63. The molecule has 2 aliphatic rings. The Morgan fingerprint density at radius 3 is 2.44 bits per heavy atom. The average molecular weight is 465 g/mol. The zero-order valence-corrected chi connectivity index (χ0v) is 20.1. The molecule has 0 atom stereocenters. The summed E-state index contributed by atoms with van der Waals surface area (Å²) in [6.45, 7) is 9.85. The van der Waals surface area contributed by atoms with Gasteiger partial charge in [-0.25, -0.2) is 14.8 Å². The van der Waals surface area contributed by atoms with Crippen molar-refractivity contribution in [3.05, 3.63) is 41.7 Å². The van der Waals surface area contributed by atoms with Crippen LogP contribution in [0.4, 0.5) is 22.1 Å². The van der Waals surface area contributed by atoms with Crippen molar-refractivity contribution < 1.29 is 14.3 Å². The van der Waals surface area contributed by atoms with Crippen molar-refractivity contribution in [2.24, 2.45) is 0 Å². The molecule has 34 heavy (non-hydrogen) atoms. The highest BCUT2D eigenvalue weighted by Crippen LogP contribution is 2.30. The number of carbonyl (C=O) groups excluding carboxylic acids is 1. The minimum Gasteiger partial charge on any atom is -0.444 e. The minimum atomic E-state index is -0.478. The predicted molar refractivity (Wildman–Crippen MR) is 129 cm³/mol. The third-order valence-electron chi connectivity index (χ3n) is 5.99. The van der Waals surface area contributed by atoms with Gasteiger partial charge in [0.1, 0.15) is 17.5 Å². The van der Waals surface area contributed by atoms with Gasteiger partial charge >= 0.3 is 6.09 Å². The topological polar surface area (TPSA) is 104 Å². The first-order valence-electron chi connectivity index (χ1n) is 11.8. The predicted octanol–water partition coefficient (Wildman–Crippen LogP) is 4.04. The van der Waals surface area contributed by atoms with E-state index < -0.39 is 5.60 Å². The van der Waals surface area contributed by atoms with Crippen molar-refractivity contribution in [1.29, 1.82) is 5.26 Å². The fraction of sp³-hybridized carbons (Fsp3) is 0.520. The average Bonchev–Trinajstić information content (AvgIpc) is 2.84. The summed E-state index contributed by atoms with van der Waals surface area (Å²) in [7, 11) is 0. The molecule has 2 saturated heterocycles. The van der Waals surface area contributed by atoms with Gasteiger partial charge in [0, 0.05) is 31.9 Å². The van der Waals surface area contributed by atoms with E-state index >= 15 is 0 Å². The lowest BCUT2D eigenvalue weighted by Gasteiger charge is -2.33. The van der Waals surface area contributed by atoms with Gasteiger partial charge in [-0.05, 0) is 57.2 Å². The number of morpholine rings is 1. The Bertz CT molecular complexity index is 1030. The molecular weight excluding hydrogens is 432 g/mol. The van der Waals surface area contributed by atoms with Gasteiger partial charge in [0.25, 0.3) is 0 Å². The van der Waals surface area contributed by atoms with Crippen LogP contribution in [0.25, 0.3) is 0 Å². The van der Waals surface area contributed by atoms with Gasteiger partial charge < -0.3 is 24.6 Å². The van der Waals surface area contributed by atoms with Crippen LogP contribution in [0.15, 0.2) is 30.5 Å². The van der Waals surface area contributed by atoms with Crippen LogP contribution in [0.3, 0.4) is 0 Å². The fourth-order valence-corrected chi connectivity index (χ4v) is 4.19. The van der Waals surface area contributed by atoms with E-state index in [0.717, 1.165) is 37.4 Å². The van der Waals surface area contributed by atoms with E-state index in [1.807, 2.05) is 32.9 Å². The quantitative estimate of drug-likeness (QED) is 0.723. The monoisotopic (exact) mass is 464 g/mol. The van der Waals surface area contributed by atoms with Crippen LogP contribution in [0.1, 0.15) is 50.8 Å². The van der Waals surface area contributed by atoms with Gasteiger partial charge in [0.2, 0.25) is 0 Å². The molecule has 9 heteroatoms. The zero-order chi connectivity index (χ0) is 24.1. The number of hydrogen-bond acceptors (Lipinski definition) is 8. The summed E-state index contributed by atoms with van der Waals surface area (Å²) in [4.78, 5) is 25.1. The molecule has 1 aromatic carbocycles. The molecule has 3 heterocycles. The van der Waals surface area contributed by atoms with Crippen molar-refractivity contribution >= 4 is 23.4 Å². The second-order valence-electron chi connectivity index (χ2n) is 9.63. The number of nitrogens with zero attached hydrogens (tertiary/aromatic N) is 5. The van der Waals surface area contributed by atoms with Crippen molar-refractivity contribution in [3.8, 4) is 6.07 Å². The van der Waals surface area contributed by atoms with Crippen molar-refractivity contribution in [2.45, 2.75) is 45.1 Å². The standard InChI is InChI=1S/C25H32N6O3/c1-25(2,3)34-24(32)31-10-8-19(9-11-31)18-4-6-20(7-5-18)28-23-21(16-26)27-17-22(29-23)30-12-14-33-15-13-30/h4-7,17,19H,8-15H2,1-3H3,(H,28,29). The Kier molecular flexibility index (Phi) is 7.17. The third-order valence-corrected chi connectivity index (χ3v) is 5.99. The number of nitriles is 1. The van der Waals surface area contributed by atoms with Crippen LogP contribution in [-0.4, -0.2) is 66.0 Å². The lowest BCUT2D eigenvalue weighted by Crippen LogP contribution is -2.41. The minimum absolute atomic E-state index is 0.237. The van der Waals surface area contributed by atoms with E-state index in [1.54, 1.807) is 11.1 Å². The van der Waals surface area contributed by atoms with Crippen LogP contribution in [0, 0.1) is 11.3 Å². The maximum absolute atomic E-state index is 12.3. The van der Waals surface area contributed by atoms with Crippen LogP contribution in [-0.2, 0) is 9.47 Å². The summed E-state index contributed by atoms with van der Waals surface area (Å²) in [6.07, 6.45) is 3.20. The molecule has 180 valence electrons. The van der Waals surface area contributed by atoms with Crippen molar-refractivity contribution in [2.75, 3.05) is 49.6 Å². The summed E-state index contributed by atoms with van der Waals surface area (Å²) in [6, 6.07) is 10.3. The fourth-order valence-electron chi connectivity index (χ4n) is 4.19. The Labute approximate surface area is 200 Å². The highest BCUT2D eigenvalue weighted by atomic mass is 16.6. The number of anilines is 3. The Morgan fingerprint density at radius 1 is 1.15 bits per heavy atom. The molecule has 1 N–H and O–H groups in total. The molecule has 0 unspecified atom stereocenters. The molecule has 0 saturated carbocycles. The molecule has 9 nitrogen and oxygen atoms in total. The van der Waals surface area contributed by atoms with E-state index in [-0.39, 0.29) is 11.8 Å². The lowest BCUT2D eigenvalue weighted by atomic mass is 9.89. The summed E-state index contributed by atoms with van der Waals surface area (Å²) in [5.41, 5.74) is 1.87. The molecule has 2 aromatic rings. The van der Waals surface area contributed by atoms with Crippen molar-refractivity contribution in [1.82, 2.24) is 14.9 Å². The number of aromatic nitrogens is 2. The first-order chi connectivity index (χ1) is 16.3. The second kappa shape index (κ2) is 10.3. The van der Waals surface area contributed by atoms with Crippen LogP contribution in [0.5, 0.6) is 0 Å². The van der Waals surface area contributed by atoms with Gasteiger partial charge in [-0.15, -0.1) is 0 Å². The normalized spacial score (nSPS) is 17.2. The van der Waals surface area contributed by atoms with E-state index in [9.17, 15) is 10.1 Å². The highest BCUT2D eigenvalue weighted by Gasteiger charge is 2.27. The smallest absolute Gasteiger partial charge is 0.410 e. The van der Waals surface area contributed by atoms with Gasteiger partial charge in [0.15, 0.2) is 11.5 Å². The molecule has 1 aromatic heterocycles. The summed E-state index contributed by atoms with van der Waals surface area (Å²) < 4.78 is 10.9. The number of nitrogens with one attached hydrogen (secondary N) is 1. The van der Waals surface area contributed by atoms with Crippen LogP contribution < -0.4 is 10.2 Å². The molecule has 0 spiro atoms. The van der Waals surface area contributed by atoms with E-state index in [4.69, 9.17) is 9.47 Å². The van der Waals surface area contributed by atoms with Crippen LogP contribution >= 0.6 is 0 Å². The number of carbonyl (C=O) groups is 1. The molecule has 0 bridgehead atoms. The SMILES string of the molecule is CC(C)(C)OC(=O)N1CCC(c2ccc(Nc3nc(N4CCOCC4)cnc3C#N)cc2)CC1. The number of benzene rings is 1. The van der Waals surface area contributed by atoms with Gasteiger partial charge in [-0.1, -0.05) is 12.1 Å². The van der Waals surface area contributed by atoms with E-state index in [1.165, 1.54) is 5.56 Å². The summed E-state index contributed by atoms with van der Waals surface area (Å²) in [5.74, 6) is 1.58. The number of amides is 1. The molecule has 0 aliphatic carbocycles. The largest absolute Gasteiger partial charge is 0.444 e. The molecule has 1 amide bonds. The molecule has 4 rings (SSSR count). The molecule has 0 radical (unpaired) electrons. The molecule has 2 fully saturated rings. The number of rotatable bonds is 4. The van der Waals surface area contributed by atoms with E-state index in [0.29, 0.717) is 38.0 Å². The van der Waals surface area contributed by atoms with Gasteiger partial charge in [-0.2, -0.15) is 5.26 Å². The highest BCUT2D eigenvalue weighted by molar-refractivity contribution is 5.68. The first kappa shape index (κ1) is 23.8. The van der Waals surface area contributed by atoms with Gasteiger partial charge in [-0.3, -0.25) is 0 Å². The maximum Gasteiger partial charge on any atom is 0.410 e. The third kappa shape index (κ3) is 5.94.